The highest BCUT2D eigenvalue weighted by molar-refractivity contribution is 5.57. The van der Waals surface area contributed by atoms with Gasteiger partial charge >= 0.3 is 0 Å². The minimum atomic E-state index is -0.509. The van der Waals surface area contributed by atoms with Crippen LogP contribution in [0.1, 0.15) is 0 Å². The minimum Gasteiger partial charge on any atom is -0.391 e. The van der Waals surface area contributed by atoms with Crippen LogP contribution in [0.2, 0.25) is 0 Å². The molecule has 0 aliphatic carbocycles. The molecule has 0 unspecified atom stereocenters. The van der Waals surface area contributed by atoms with Crippen LogP contribution in [0.3, 0.4) is 0 Å². The summed E-state index contributed by atoms with van der Waals surface area (Å²) in [4.78, 5) is 16.4. The van der Waals surface area contributed by atoms with Crippen molar-refractivity contribution >= 4 is 17.5 Å². The Balaban J connectivity index is 3.46. The van der Waals surface area contributed by atoms with Gasteiger partial charge in [0.05, 0.1) is 0 Å². The number of rotatable bonds is 0. The van der Waals surface area contributed by atoms with Gasteiger partial charge in [0.15, 0.2) is 5.82 Å². The van der Waals surface area contributed by atoms with Gasteiger partial charge in [-0.2, -0.15) is 4.98 Å². The fourth-order valence-corrected chi connectivity index (χ4v) is 0.518. The lowest BCUT2D eigenvalue weighted by Crippen LogP contribution is -2.17. The number of anilines is 3. The van der Waals surface area contributed by atoms with Crippen LogP contribution in [-0.4, -0.2) is 9.97 Å². The summed E-state index contributed by atoms with van der Waals surface area (Å²) >= 11 is 0. The highest BCUT2D eigenvalue weighted by Gasteiger charge is 2.00. The molecule has 1 rings (SSSR count). The van der Waals surface area contributed by atoms with E-state index >= 15 is 0 Å². The second-order valence-corrected chi connectivity index (χ2v) is 1.75. The van der Waals surface area contributed by atoms with Crippen molar-refractivity contribution in [2.24, 2.45) is 0 Å². The topological polar surface area (TPSA) is 124 Å². The maximum absolute atomic E-state index is 10.7. The van der Waals surface area contributed by atoms with Gasteiger partial charge in [-0.15, -0.1) is 0 Å². The lowest BCUT2D eigenvalue weighted by Gasteiger charge is -1.96. The molecule has 0 saturated carbocycles. The fraction of sp³-hybridized carbons (Fsp3) is 0. The van der Waals surface area contributed by atoms with E-state index in [2.05, 4.69) is 9.97 Å². The first kappa shape index (κ1) is 6.40. The number of nitrogens with one attached hydrogen (secondary N) is 1. The highest BCUT2D eigenvalue weighted by atomic mass is 16.1. The zero-order valence-corrected chi connectivity index (χ0v) is 5.09. The van der Waals surface area contributed by atoms with Crippen LogP contribution in [0.25, 0.3) is 0 Å². The summed E-state index contributed by atoms with van der Waals surface area (Å²) in [5.41, 5.74) is 14.9. The van der Waals surface area contributed by atoms with Gasteiger partial charge in [0.25, 0.3) is 5.56 Å². The van der Waals surface area contributed by atoms with E-state index in [9.17, 15) is 4.79 Å². The number of aromatic amines is 1. The molecule has 0 aliphatic heterocycles. The average molecular weight is 143 g/mol. The van der Waals surface area contributed by atoms with E-state index in [4.69, 9.17) is 17.2 Å². The van der Waals surface area contributed by atoms with E-state index in [0.717, 1.165) is 0 Å². The predicted molar refractivity (Wildman–Crippen MR) is 38.1 cm³/mol. The molecule has 0 radical (unpaired) electrons. The van der Waals surface area contributed by atoms with Crippen LogP contribution in [0.15, 0.2) is 4.79 Å². The zero-order chi connectivity index (χ0) is 7.72. The Kier molecular flexibility index (Phi) is 1.22. The predicted octanol–water partition coefficient (Wildman–Crippen LogP) is -1.48. The van der Waals surface area contributed by atoms with Gasteiger partial charge in [-0.05, 0) is 0 Å². The molecule has 0 fully saturated rings. The third-order valence-electron chi connectivity index (χ3n) is 1.00. The summed E-state index contributed by atoms with van der Waals surface area (Å²) in [6.45, 7) is 0. The summed E-state index contributed by atoms with van der Waals surface area (Å²) in [5, 5.41) is 0. The molecule has 54 valence electrons. The Morgan fingerprint density at radius 2 is 2.10 bits per heavy atom. The van der Waals surface area contributed by atoms with E-state index in [1.165, 1.54) is 0 Å². The van der Waals surface area contributed by atoms with Crippen LogP contribution in [0.4, 0.5) is 17.5 Å². The summed E-state index contributed by atoms with van der Waals surface area (Å²) in [7, 11) is 0. The van der Waals surface area contributed by atoms with Crippen LogP contribution in [0.5, 0.6) is 0 Å². The van der Waals surface area contributed by atoms with Crippen LogP contribution in [-0.2, 0) is 0 Å². The van der Waals surface area contributed by atoms with Crippen LogP contribution in [0, 0.1) is 0 Å². The van der Waals surface area contributed by atoms with Crippen molar-refractivity contribution in [1.29, 1.82) is 0 Å². The number of nitrogen functional groups attached to an aromatic ring is 3. The number of nitrogens with two attached hydrogens (primary N) is 3. The van der Waals surface area contributed by atoms with E-state index in [0.29, 0.717) is 0 Å². The SMILES string of the molecule is Nc1n[14c](N)c(N)c(=O)[nH]1. The summed E-state index contributed by atoms with van der Waals surface area (Å²) in [6, 6.07) is 0. The van der Waals surface area contributed by atoms with Gasteiger partial charge in [0.2, 0.25) is 5.95 Å². The number of nitrogens with zero attached hydrogens (tertiary/aromatic N) is 1. The molecule has 0 aliphatic rings. The molecule has 1 aromatic rings. The second-order valence-electron chi connectivity index (χ2n) is 1.75. The van der Waals surface area contributed by atoms with Crippen molar-refractivity contribution in [2.75, 3.05) is 17.2 Å². The van der Waals surface area contributed by atoms with Crippen molar-refractivity contribution in [3.05, 3.63) is 10.4 Å². The maximum Gasteiger partial charge on any atom is 0.277 e. The molecule has 0 atom stereocenters. The molecule has 1 heterocycles. The van der Waals surface area contributed by atoms with E-state index in [-0.39, 0.29) is 17.5 Å². The molecule has 1 aromatic heterocycles. The average Bonchev–Trinajstić information content (AvgIpc) is 1.82. The van der Waals surface area contributed by atoms with Gasteiger partial charge in [-0.25, -0.2) is 0 Å². The molecule has 0 spiro atoms. The van der Waals surface area contributed by atoms with E-state index in [1.807, 2.05) is 0 Å². The largest absolute Gasteiger partial charge is 0.391 e. The lowest BCUT2D eigenvalue weighted by atomic mass is 10.7. The monoisotopic (exact) mass is 143 g/mol. The lowest BCUT2D eigenvalue weighted by molar-refractivity contribution is 1.15. The standard InChI is InChI=1S/C4H7N5O/c5-1-2(6)8-4(7)9-3(1)10/h5H2,(H5,6,7,8,9,10)/i2+2. The number of hydrogen-bond donors (Lipinski definition) is 4. The number of H-pyrrole nitrogens is 1. The first-order valence-corrected chi connectivity index (χ1v) is 2.52. The molecular formula is C4H7N5O. The summed E-state index contributed by atoms with van der Waals surface area (Å²) in [6.07, 6.45) is 0. The summed E-state index contributed by atoms with van der Waals surface area (Å²) < 4.78 is 0. The Morgan fingerprint density at radius 3 is 2.60 bits per heavy atom. The molecule has 10 heavy (non-hydrogen) atoms. The van der Waals surface area contributed by atoms with Gasteiger partial charge in [-0.1, -0.05) is 0 Å². The maximum atomic E-state index is 10.7. The molecule has 0 amide bonds. The molecule has 6 nitrogen and oxygen atoms in total. The Hall–Kier alpha value is -1.72. The highest BCUT2D eigenvalue weighted by Crippen LogP contribution is 2.02. The zero-order valence-electron chi connectivity index (χ0n) is 5.09. The molecule has 7 N–H and O–H groups in total. The van der Waals surface area contributed by atoms with Gasteiger partial charge in [0.1, 0.15) is 5.69 Å². The smallest absolute Gasteiger partial charge is 0.277 e. The number of aromatic nitrogens is 2. The Morgan fingerprint density at radius 1 is 1.50 bits per heavy atom. The van der Waals surface area contributed by atoms with Gasteiger partial charge < -0.3 is 17.2 Å². The normalized spacial score (nSPS) is 9.60. The quantitative estimate of drug-likeness (QED) is 0.352. The Labute approximate surface area is 56.1 Å². The molecule has 0 saturated heterocycles. The first-order valence-electron chi connectivity index (χ1n) is 2.52. The van der Waals surface area contributed by atoms with E-state index < -0.39 is 5.56 Å². The first-order chi connectivity index (χ1) is 4.61. The Bertz CT molecular complexity index is 303. The van der Waals surface area contributed by atoms with Gasteiger partial charge in [0, 0.05) is 0 Å². The van der Waals surface area contributed by atoms with Crippen molar-refractivity contribution < 1.29 is 0 Å². The second kappa shape index (κ2) is 1.90. The third kappa shape index (κ3) is 0.859. The molecule has 6 heteroatoms. The minimum absolute atomic E-state index is 0.0308. The fourth-order valence-electron chi connectivity index (χ4n) is 0.518. The third-order valence-corrected chi connectivity index (χ3v) is 1.00. The molecular weight excluding hydrogens is 136 g/mol. The number of hydrogen-bond acceptors (Lipinski definition) is 5. The summed E-state index contributed by atoms with van der Waals surface area (Å²) in [5.74, 6) is -0.0713. The van der Waals surface area contributed by atoms with Crippen molar-refractivity contribution in [1.82, 2.24) is 9.97 Å². The van der Waals surface area contributed by atoms with Crippen molar-refractivity contribution in [3.8, 4) is 0 Å². The van der Waals surface area contributed by atoms with Crippen molar-refractivity contribution in [3.63, 3.8) is 0 Å². The molecule has 0 aromatic carbocycles. The van der Waals surface area contributed by atoms with Crippen LogP contribution >= 0.6 is 0 Å². The molecule has 0 bridgehead atoms. The van der Waals surface area contributed by atoms with Gasteiger partial charge in [-0.3, -0.25) is 9.78 Å². The van der Waals surface area contributed by atoms with Crippen LogP contribution < -0.4 is 22.8 Å². The van der Waals surface area contributed by atoms with E-state index in [1.54, 1.807) is 0 Å². The van der Waals surface area contributed by atoms with Crippen molar-refractivity contribution in [2.45, 2.75) is 0 Å².